The number of aliphatic imine (C=N–C) groups is 1. The van der Waals surface area contributed by atoms with Crippen molar-refractivity contribution in [1.29, 1.82) is 0 Å². The van der Waals surface area contributed by atoms with Crippen LogP contribution < -0.4 is 0 Å². The number of unbranched alkanes of at least 4 members (excludes halogenated alkanes) is 1. The van der Waals surface area contributed by atoms with Crippen LogP contribution in [0.25, 0.3) is 0 Å². The van der Waals surface area contributed by atoms with Crippen LogP contribution in [0.1, 0.15) is 50.6 Å². The summed E-state index contributed by atoms with van der Waals surface area (Å²) in [6.07, 6.45) is 11.8. The molecule has 3 heterocycles. The van der Waals surface area contributed by atoms with Crippen molar-refractivity contribution >= 4 is 35.4 Å². The number of thioether (sulfide) groups is 1. The van der Waals surface area contributed by atoms with Crippen LogP contribution in [0.15, 0.2) is 82.4 Å². The second-order valence-corrected chi connectivity index (χ2v) is 11.6. The van der Waals surface area contributed by atoms with Crippen LogP contribution in [0.2, 0.25) is 5.02 Å². The predicted molar refractivity (Wildman–Crippen MR) is 159 cm³/mol. The molecule has 4 rings (SSSR count). The van der Waals surface area contributed by atoms with E-state index >= 15 is 0 Å². The number of allylic oxidation sites excluding steroid dienone is 6. The van der Waals surface area contributed by atoms with E-state index in [4.69, 9.17) is 21.3 Å². The van der Waals surface area contributed by atoms with Gasteiger partial charge in [-0.05, 0) is 67.7 Å². The molecule has 3 aliphatic rings. The standard InChI is InChI=1S/C31H35ClF2N2O3S/c1-4-9-22(11-7-5-6-10-20(2)33)28-26-16-21(19-39-31(37)38-3)18-36(26)30(27-12-8-15-40-27)35-29(28)24-14-13-23(34)17-25(24)32/h4,7-9,11,13-15,17,20-21,27,29H,1,5-6,10,12,16,18-19H2,2-3H3/b11-7-,22-9+/t20?,21?,27?,29-/m0/s1. The third-order valence-electron chi connectivity index (χ3n) is 7.09. The smallest absolute Gasteiger partial charge is 0.438 e. The monoisotopic (exact) mass is 588 g/mol. The highest BCUT2D eigenvalue weighted by Gasteiger charge is 2.42. The molecule has 3 unspecified atom stereocenters. The number of nitrogens with zero attached hydrogens (tertiary/aromatic N) is 2. The van der Waals surface area contributed by atoms with E-state index in [1.54, 1.807) is 30.8 Å². The number of hydrogen-bond donors (Lipinski definition) is 0. The van der Waals surface area contributed by atoms with Gasteiger partial charge in [0, 0.05) is 28.8 Å². The Balaban J connectivity index is 1.79. The first-order chi connectivity index (χ1) is 19.3. The Kier molecular flexibility index (Phi) is 10.7. The summed E-state index contributed by atoms with van der Waals surface area (Å²) in [4.78, 5) is 19.3. The van der Waals surface area contributed by atoms with Gasteiger partial charge in [-0.1, -0.05) is 54.6 Å². The van der Waals surface area contributed by atoms with Gasteiger partial charge in [0.1, 0.15) is 17.7 Å². The SMILES string of the molecule is C=C/C=C(\C=C/CCCC(C)F)C1=C2CC(COC(=O)OC)CN2C(C2CC=CS2)=N[C@H]1c1ccc(F)cc1Cl. The number of methoxy groups -OCH3 is 1. The van der Waals surface area contributed by atoms with E-state index in [9.17, 15) is 13.6 Å². The van der Waals surface area contributed by atoms with E-state index in [-0.39, 0.29) is 17.8 Å². The minimum absolute atomic E-state index is 0.0242. The Bertz CT molecular complexity index is 1250. The molecule has 0 amide bonds. The fourth-order valence-electron chi connectivity index (χ4n) is 5.25. The molecule has 1 aromatic rings. The van der Waals surface area contributed by atoms with Gasteiger partial charge < -0.3 is 14.4 Å². The van der Waals surface area contributed by atoms with Crippen LogP contribution in [-0.2, 0) is 9.47 Å². The third-order valence-corrected chi connectivity index (χ3v) is 8.50. The first kappa shape index (κ1) is 30.1. The number of benzene rings is 1. The number of halogens is 3. The van der Waals surface area contributed by atoms with Gasteiger partial charge in [-0.3, -0.25) is 4.99 Å². The molecule has 1 saturated heterocycles. The second kappa shape index (κ2) is 14.2. The van der Waals surface area contributed by atoms with Crippen molar-refractivity contribution < 1.29 is 23.0 Å². The molecule has 0 radical (unpaired) electrons. The molecular formula is C31H35ClF2N2O3S. The summed E-state index contributed by atoms with van der Waals surface area (Å²) in [6.45, 7) is 6.35. The van der Waals surface area contributed by atoms with Gasteiger partial charge in [-0.15, -0.1) is 11.8 Å². The van der Waals surface area contributed by atoms with Crippen molar-refractivity contribution in [3.05, 3.63) is 93.8 Å². The number of ether oxygens (including phenoxy) is 2. The van der Waals surface area contributed by atoms with Crippen LogP contribution in [0.5, 0.6) is 0 Å². The summed E-state index contributed by atoms with van der Waals surface area (Å²) >= 11 is 8.35. The summed E-state index contributed by atoms with van der Waals surface area (Å²) in [5, 5.41) is 2.52. The second-order valence-electron chi connectivity index (χ2n) is 10.1. The molecule has 0 spiro atoms. The van der Waals surface area contributed by atoms with E-state index in [2.05, 4.69) is 27.7 Å². The number of amidine groups is 1. The van der Waals surface area contributed by atoms with Gasteiger partial charge in [0.15, 0.2) is 0 Å². The van der Waals surface area contributed by atoms with Crippen LogP contribution in [0.4, 0.5) is 13.6 Å². The molecule has 0 aromatic heterocycles. The van der Waals surface area contributed by atoms with E-state index in [0.717, 1.165) is 41.9 Å². The zero-order valence-electron chi connectivity index (χ0n) is 22.8. The minimum atomic E-state index is -0.836. The quantitative estimate of drug-likeness (QED) is 0.147. The van der Waals surface area contributed by atoms with Gasteiger partial charge in [0.05, 0.1) is 25.1 Å². The van der Waals surface area contributed by atoms with E-state index < -0.39 is 24.2 Å². The van der Waals surface area contributed by atoms with Crippen LogP contribution in [-0.4, -0.2) is 48.6 Å². The molecule has 40 heavy (non-hydrogen) atoms. The highest BCUT2D eigenvalue weighted by atomic mass is 35.5. The van der Waals surface area contributed by atoms with Crippen molar-refractivity contribution in [2.24, 2.45) is 10.9 Å². The zero-order chi connectivity index (χ0) is 28.6. The highest BCUT2D eigenvalue weighted by Crippen LogP contribution is 2.47. The molecule has 0 aliphatic carbocycles. The third kappa shape index (κ3) is 7.26. The normalized spacial score (nSPS) is 23.4. The predicted octanol–water partition coefficient (Wildman–Crippen LogP) is 8.51. The molecule has 0 bridgehead atoms. The molecular weight excluding hydrogens is 554 g/mol. The lowest BCUT2D eigenvalue weighted by Gasteiger charge is -2.36. The van der Waals surface area contributed by atoms with Crippen molar-refractivity contribution in [2.75, 3.05) is 20.3 Å². The lowest BCUT2D eigenvalue weighted by molar-refractivity contribution is 0.0615. The molecule has 1 fully saturated rings. The number of alkyl halides is 1. The lowest BCUT2D eigenvalue weighted by atomic mass is 9.87. The molecule has 1 aromatic carbocycles. The Morgan fingerprint density at radius 3 is 2.90 bits per heavy atom. The molecule has 9 heteroatoms. The highest BCUT2D eigenvalue weighted by molar-refractivity contribution is 8.03. The first-order valence-corrected chi connectivity index (χ1v) is 14.8. The summed E-state index contributed by atoms with van der Waals surface area (Å²) in [7, 11) is 1.29. The van der Waals surface area contributed by atoms with Gasteiger partial charge in [0.2, 0.25) is 0 Å². The Morgan fingerprint density at radius 1 is 1.40 bits per heavy atom. The summed E-state index contributed by atoms with van der Waals surface area (Å²) < 4.78 is 37.4. The maximum atomic E-state index is 14.1. The number of hydrogen-bond acceptors (Lipinski definition) is 6. The van der Waals surface area contributed by atoms with Gasteiger partial charge in [0.25, 0.3) is 0 Å². The number of fused-ring (bicyclic) bond motifs is 1. The van der Waals surface area contributed by atoms with Crippen molar-refractivity contribution in [3.8, 4) is 0 Å². The Morgan fingerprint density at radius 2 is 2.23 bits per heavy atom. The Labute approximate surface area is 244 Å². The van der Waals surface area contributed by atoms with E-state index in [1.807, 2.05) is 18.2 Å². The van der Waals surface area contributed by atoms with Crippen molar-refractivity contribution in [1.82, 2.24) is 4.90 Å². The molecule has 214 valence electrons. The average Bonchev–Trinajstić information content (AvgIpc) is 3.61. The van der Waals surface area contributed by atoms with Crippen LogP contribution in [0.3, 0.4) is 0 Å². The van der Waals surface area contributed by atoms with E-state index in [1.165, 1.54) is 19.2 Å². The maximum Gasteiger partial charge on any atom is 0.507 e. The average molecular weight is 589 g/mol. The molecule has 3 aliphatic heterocycles. The van der Waals surface area contributed by atoms with E-state index in [0.29, 0.717) is 30.0 Å². The zero-order valence-corrected chi connectivity index (χ0v) is 24.4. The number of rotatable bonds is 11. The fourth-order valence-corrected chi connectivity index (χ4v) is 6.47. The molecule has 5 nitrogen and oxygen atoms in total. The first-order valence-electron chi connectivity index (χ1n) is 13.5. The number of carbonyl (C=O) groups is 1. The summed E-state index contributed by atoms with van der Waals surface area (Å²) in [6, 6.07) is 3.95. The minimum Gasteiger partial charge on any atom is -0.438 e. The molecule has 0 saturated carbocycles. The van der Waals surface area contributed by atoms with Gasteiger partial charge in [-0.25, -0.2) is 13.6 Å². The van der Waals surface area contributed by atoms with Crippen LogP contribution in [0, 0.1) is 11.7 Å². The maximum absolute atomic E-state index is 14.1. The topological polar surface area (TPSA) is 51.1 Å². The lowest BCUT2D eigenvalue weighted by Crippen LogP contribution is -2.39. The number of carbonyl (C=O) groups excluding carboxylic acids is 1. The summed E-state index contributed by atoms with van der Waals surface area (Å²) in [5.41, 5.74) is 3.63. The fraction of sp³-hybridized carbons (Fsp3) is 0.419. The van der Waals surface area contributed by atoms with Crippen molar-refractivity contribution in [3.63, 3.8) is 0 Å². The van der Waals surface area contributed by atoms with Crippen LogP contribution >= 0.6 is 23.4 Å². The van der Waals surface area contributed by atoms with Gasteiger partial charge >= 0.3 is 6.16 Å². The largest absolute Gasteiger partial charge is 0.507 e. The van der Waals surface area contributed by atoms with Gasteiger partial charge in [-0.2, -0.15) is 0 Å². The summed E-state index contributed by atoms with van der Waals surface area (Å²) in [5.74, 6) is 0.541. The Hall–Kier alpha value is -2.84. The molecule has 4 atom stereocenters. The van der Waals surface area contributed by atoms with Crippen molar-refractivity contribution in [2.45, 2.75) is 56.5 Å². The molecule has 0 N–H and O–H groups in total.